The highest BCUT2D eigenvalue weighted by Crippen LogP contribution is 2.49. The summed E-state index contributed by atoms with van der Waals surface area (Å²) < 4.78 is 27.5. The van der Waals surface area contributed by atoms with Gasteiger partial charge in [-0.3, -0.25) is 18.4 Å². The fourth-order valence-electron chi connectivity index (χ4n) is 2.70. The average Bonchev–Trinajstić information content (AvgIpc) is 2.68. The average molecular weight is 459 g/mol. The maximum absolute atomic E-state index is 12.4. The van der Waals surface area contributed by atoms with E-state index in [-0.39, 0.29) is 25.6 Å². The van der Waals surface area contributed by atoms with E-state index in [0.717, 1.165) is 11.1 Å². The summed E-state index contributed by atoms with van der Waals surface area (Å²) >= 11 is 12.2. The van der Waals surface area contributed by atoms with Crippen LogP contribution in [0.15, 0.2) is 42.5 Å². The number of halogens is 2. The number of unbranched alkanes of at least 4 members (excludes halogenated alkanes) is 1. The van der Waals surface area contributed by atoms with E-state index in [2.05, 4.69) is 0 Å². The molecule has 8 heteroatoms. The molecule has 2 rings (SSSR count). The van der Waals surface area contributed by atoms with Crippen molar-refractivity contribution in [2.75, 3.05) is 19.8 Å². The van der Waals surface area contributed by atoms with Crippen molar-refractivity contribution in [2.24, 2.45) is 0 Å². The van der Waals surface area contributed by atoms with Gasteiger partial charge in [-0.05, 0) is 44.4 Å². The van der Waals surface area contributed by atoms with Gasteiger partial charge in [0.2, 0.25) is 0 Å². The number of carbonyl (C=O) groups is 1. The fourth-order valence-corrected chi connectivity index (χ4v) is 4.42. The second kappa shape index (κ2) is 11.8. The summed E-state index contributed by atoms with van der Waals surface area (Å²) in [6.07, 6.45) is 1.56. The third-order valence-electron chi connectivity index (χ3n) is 4.07. The van der Waals surface area contributed by atoms with Gasteiger partial charge in [-0.1, -0.05) is 53.5 Å². The van der Waals surface area contributed by atoms with E-state index < -0.39 is 7.82 Å². The van der Waals surface area contributed by atoms with Crippen LogP contribution in [0.1, 0.15) is 43.5 Å². The summed E-state index contributed by atoms with van der Waals surface area (Å²) in [5.41, 5.74) is 2.41. The van der Waals surface area contributed by atoms with Gasteiger partial charge in [-0.15, -0.1) is 0 Å². The van der Waals surface area contributed by atoms with E-state index in [4.69, 9.17) is 36.8 Å². The van der Waals surface area contributed by atoms with Crippen LogP contribution in [-0.2, 0) is 18.1 Å². The Morgan fingerprint density at radius 3 is 2.17 bits per heavy atom. The lowest BCUT2D eigenvalue weighted by Crippen LogP contribution is -2.03. The maximum Gasteiger partial charge on any atom is 0.474 e. The molecule has 29 heavy (non-hydrogen) atoms. The highest BCUT2D eigenvalue weighted by Gasteiger charge is 2.24. The maximum atomic E-state index is 12.4. The number of Topliss-reactive ketones (excluding diaryl/α,β-unsaturated/α-hetero) is 1. The summed E-state index contributed by atoms with van der Waals surface area (Å²) in [7, 11) is -3.49. The summed E-state index contributed by atoms with van der Waals surface area (Å²) in [6, 6.07) is 12.6. The van der Waals surface area contributed by atoms with Crippen LogP contribution in [0.4, 0.5) is 0 Å². The van der Waals surface area contributed by atoms with Gasteiger partial charge in [0.25, 0.3) is 0 Å². The van der Waals surface area contributed by atoms with Gasteiger partial charge >= 0.3 is 7.82 Å². The zero-order chi connectivity index (χ0) is 21.3. The molecular formula is C21H25Cl2O5P. The lowest BCUT2D eigenvalue weighted by molar-refractivity contribution is 0.0974. The molecule has 5 nitrogen and oxygen atoms in total. The van der Waals surface area contributed by atoms with E-state index >= 15 is 0 Å². The van der Waals surface area contributed by atoms with Crippen LogP contribution in [0.2, 0.25) is 10.0 Å². The first-order valence-corrected chi connectivity index (χ1v) is 11.7. The normalized spacial score (nSPS) is 11.6. The molecular weight excluding hydrogens is 434 g/mol. The van der Waals surface area contributed by atoms with Crippen LogP contribution in [-0.4, -0.2) is 25.6 Å². The third kappa shape index (κ3) is 7.53. The molecule has 0 atom stereocenters. The number of phosphoric acid groups is 1. The summed E-state index contributed by atoms with van der Waals surface area (Å²) in [5.74, 6) is 0.0385. The van der Waals surface area contributed by atoms with Gasteiger partial charge in [0, 0.05) is 27.6 Å². The zero-order valence-electron chi connectivity index (χ0n) is 16.5. The van der Waals surface area contributed by atoms with E-state index in [1.807, 2.05) is 18.2 Å². The second-order valence-corrected chi connectivity index (χ2v) is 8.71. The summed E-state index contributed by atoms with van der Waals surface area (Å²) in [4.78, 5) is 12.4. The molecule has 0 heterocycles. The van der Waals surface area contributed by atoms with Crippen molar-refractivity contribution in [3.8, 4) is 11.1 Å². The molecule has 2 aromatic rings. The molecule has 2 aromatic carbocycles. The Kier molecular flexibility index (Phi) is 9.84. The van der Waals surface area contributed by atoms with Crippen LogP contribution in [0.5, 0.6) is 0 Å². The smallest absolute Gasteiger partial charge is 0.294 e. The largest absolute Gasteiger partial charge is 0.474 e. The third-order valence-corrected chi connectivity index (χ3v) is 6.27. The molecule has 0 fully saturated rings. The van der Waals surface area contributed by atoms with Crippen molar-refractivity contribution >= 4 is 36.8 Å². The Morgan fingerprint density at radius 1 is 0.931 bits per heavy atom. The van der Waals surface area contributed by atoms with Gasteiger partial charge in [-0.2, -0.15) is 0 Å². The number of rotatable bonds is 12. The molecule has 0 aromatic heterocycles. The van der Waals surface area contributed by atoms with Gasteiger partial charge < -0.3 is 0 Å². The van der Waals surface area contributed by atoms with Crippen LogP contribution in [0, 0.1) is 0 Å². The number of phosphoric ester groups is 1. The molecule has 0 aliphatic carbocycles. The lowest BCUT2D eigenvalue weighted by atomic mass is 10.0. The van der Waals surface area contributed by atoms with Crippen LogP contribution in [0.25, 0.3) is 11.1 Å². The Labute approximate surface area is 181 Å². The lowest BCUT2D eigenvalue weighted by Gasteiger charge is -2.16. The fraction of sp³-hybridized carbons (Fsp3) is 0.381. The predicted octanol–water partition coefficient (Wildman–Crippen LogP) is 7.21. The molecule has 0 spiro atoms. The minimum absolute atomic E-state index is 0.0385. The van der Waals surface area contributed by atoms with Gasteiger partial charge in [0.05, 0.1) is 19.8 Å². The predicted molar refractivity (Wildman–Crippen MR) is 117 cm³/mol. The Bertz CT molecular complexity index is 845. The van der Waals surface area contributed by atoms with Crippen molar-refractivity contribution in [3.63, 3.8) is 0 Å². The highest BCUT2D eigenvalue weighted by molar-refractivity contribution is 7.48. The Balaban J connectivity index is 1.83. The molecule has 0 saturated carbocycles. The molecule has 0 radical (unpaired) electrons. The van der Waals surface area contributed by atoms with Crippen LogP contribution >= 0.6 is 31.0 Å². The number of ketones is 1. The standard InChI is InChI=1S/C21H25Cl2O5P/c1-3-26-29(25,27-4-2)28-14-6-5-7-21(24)17-10-8-16(9-11-17)19-13-12-18(22)15-20(19)23/h8-13,15H,3-7,14H2,1-2H3. The Morgan fingerprint density at radius 2 is 1.59 bits per heavy atom. The van der Waals surface area contributed by atoms with Gasteiger partial charge in [0.1, 0.15) is 0 Å². The first-order valence-electron chi connectivity index (χ1n) is 9.51. The first-order chi connectivity index (χ1) is 13.9. The Hall–Kier alpha value is -1.20. The molecule has 0 saturated heterocycles. The van der Waals surface area contributed by atoms with Gasteiger partial charge in [-0.25, -0.2) is 4.57 Å². The van der Waals surface area contributed by atoms with Crippen molar-refractivity contribution < 1.29 is 22.9 Å². The second-order valence-electron chi connectivity index (χ2n) is 6.20. The van der Waals surface area contributed by atoms with Crippen LogP contribution < -0.4 is 0 Å². The van der Waals surface area contributed by atoms with Crippen molar-refractivity contribution in [2.45, 2.75) is 33.1 Å². The molecule has 0 aliphatic heterocycles. The number of carbonyl (C=O) groups excluding carboxylic acids is 1. The van der Waals surface area contributed by atoms with Crippen molar-refractivity contribution in [1.82, 2.24) is 0 Å². The molecule has 0 aliphatic rings. The van der Waals surface area contributed by atoms with E-state index in [1.165, 1.54) is 0 Å². The topological polar surface area (TPSA) is 61.8 Å². The quantitative estimate of drug-likeness (QED) is 0.191. The summed E-state index contributed by atoms with van der Waals surface area (Å²) in [6.45, 7) is 4.14. The molecule has 0 N–H and O–H groups in total. The number of hydrogen-bond donors (Lipinski definition) is 0. The molecule has 0 bridgehead atoms. The minimum atomic E-state index is -3.49. The van der Waals surface area contributed by atoms with Crippen LogP contribution in [0.3, 0.4) is 0 Å². The molecule has 0 unspecified atom stereocenters. The highest BCUT2D eigenvalue weighted by atomic mass is 35.5. The van der Waals surface area contributed by atoms with E-state index in [9.17, 15) is 9.36 Å². The molecule has 0 amide bonds. The van der Waals surface area contributed by atoms with Crippen molar-refractivity contribution in [3.05, 3.63) is 58.1 Å². The molecule has 158 valence electrons. The first kappa shape index (κ1) is 24.1. The zero-order valence-corrected chi connectivity index (χ0v) is 18.9. The summed E-state index contributed by atoms with van der Waals surface area (Å²) in [5, 5.41) is 1.14. The van der Waals surface area contributed by atoms with Gasteiger partial charge in [0.15, 0.2) is 5.78 Å². The number of benzene rings is 2. The minimum Gasteiger partial charge on any atom is -0.294 e. The van der Waals surface area contributed by atoms with Crippen molar-refractivity contribution in [1.29, 1.82) is 0 Å². The number of hydrogen-bond acceptors (Lipinski definition) is 5. The SMILES string of the molecule is CCOP(=O)(OCC)OCCCCC(=O)c1ccc(-c2ccc(Cl)cc2Cl)cc1. The monoisotopic (exact) mass is 458 g/mol. The van der Waals surface area contributed by atoms with E-state index in [1.54, 1.807) is 38.1 Å². The van der Waals surface area contributed by atoms with E-state index in [0.29, 0.717) is 34.9 Å².